The van der Waals surface area contributed by atoms with Crippen molar-refractivity contribution >= 4 is 32.8 Å². The second-order valence-corrected chi connectivity index (χ2v) is 14.4. The first kappa shape index (κ1) is 27.7. The van der Waals surface area contributed by atoms with Gasteiger partial charge in [-0.15, -0.1) is 11.3 Å². The Kier molecular flexibility index (Phi) is 7.28. The summed E-state index contributed by atoms with van der Waals surface area (Å²) in [5.74, 6) is -1.67. The van der Waals surface area contributed by atoms with Crippen LogP contribution in [0, 0.1) is 23.1 Å². The quantitative estimate of drug-likeness (QED) is 0.440. The van der Waals surface area contributed by atoms with Crippen LogP contribution >= 0.6 is 11.3 Å². The monoisotopic (exact) mass is 597 g/mol. The number of alkyl halides is 1. The first-order valence-electron chi connectivity index (χ1n) is 13.7. The molecule has 214 valence electrons. The van der Waals surface area contributed by atoms with Crippen LogP contribution < -0.4 is 10.2 Å². The molecule has 6 rings (SSSR count). The molecule has 41 heavy (non-hydrogen) atoms. The van der Waals surface area contributed by atoms with E-state index in [9.17, 15) is 27.3 Å². The van der Waals surface area contributed by atoms with Crippen LogP contribution in [-0.4, -0.2) is 60.6 Å². The first-order valence-corrected chi connectivity index (χ1v) is 16.3. The van der Waals surface area contributed by atoms with Crippen molar-refractivity contribution < 1.29 is 22.0 Å². The molecule has 0 spiro atoms. The van der Waals surface area contributed by atoms with E-state index in [4.69, 9.17) is 4.98 Å². The highest BCUT2D eigenvalue weighted by Gasteiger charge is 2.48. The van der Waals surface area contributed by atoms with Crippen molar-refractivity contribution in [3.8, 4) is 27.1 Å². The maximum absolute atomic E-state index is 14.7. The van der Waals surface area contributed by atoms with Crippen molar-refractivity contribution in [3.05, 3.63) is 54.2 Å². The Bertz CT molecular complexity index is 1600. The summed E-state index contributed by atoms with van der Waals surface area (Å²) in [4.78, 5) is 25.1. The number of nitrogens with one attached hydrogen (secondary N) is 1. The number of hydrogen-bond acceptors (Lipinski definition) is 8. The number of amides is 1. The van der Waals surface area contributed by atoms with Crippen LogP contribution in [0.5, 0.6) is 0 Å². The predicted octanol–water partition coefficient (Wildman–Crippen LogP) is 4.64. The van der Waals surface area contributed by atoms with Gasteiger partial charge in [-0.1, -0.05) is 12.1 Å². The molecule has 2 saturated carbocycles. The molecular weight excluding hydrogens is 568 g/mol. The SMILES string of the molecule is N#CC1(NC(=O)[C@@H]2C[C@@H](F)CC[C@H]2c2nc(-c3cncc(F)c3)sc2-c2ccc(N3CCS(=O)(=O)CC3)cc2)CC1. The molecule has 12 heteroatoms. The topological polar surface area (TPSA) is 116 Å². The zero-order valence-electron chi connectivity index (χ0n) is 22.2. The van der Waals surface area contributed by atoms with Gasteiger partial charge >= 0.3 is 0 Å². The van der Waals surface area contributed by atoms with Crippen molar-refractivity contribution in [3.63, 3.8) is 0 Å². The van der Waals surface area contributed by atoms with Crippen LogP contribution in [0.3, 0.4) is 0 Å². The number of carbonyl (C=O) groups is 1. The number of nitriles is 1. The molecule has 2 aliphatic carbocycles. The van der Waals surface area contributed by atoms with E-state index in [0.29, 0.717) is 55.0 Å². The fourth-order valence-corrected chi connectivity index (χ4v) is 8.01. The van der Waals surface area contributed by atoms with Crippen molar-refractivity contribution in [1.82, 2.24) is 15.3 Å². The zero-order chi connectivity index (χ0) is 28.8. The van der Waals surface area contributed by atoms with Crippen LogP contribution in [0.1, 0.15) is 43.7 Å². The molecule has 3 fully saturated rings. The Labute approximate surface area is 241 Å². The molecule has 1 saturated heterocycles. The summed E-state index contributed by atoms with van der Waals surface area (Å²) < 4.78 is 52.4. The van der Waals surface area contributed by atoms with Crippen LogP contribution in [0.2, 0.25) is 0 Å². The molecule has 8 nitrogen and oxygen atoms in total. The van der Waals surface area contributed by atoms with E-state index in [0.717, 1.165) is 22.3 Å². The minimum Gasteiger partial charge on any atom is -0.369 e. The number of halogens is 2. The summed E-state index contributed by atoms with van der Waals surface area (Å²) >= 11 is 1.37. The number of carbonyl (C=O) groups excluding carboxylic acids is 1. The summed E-state index contributed by atoms with van der Waals surface area (Å²) in [6.07, 6.45) is 3.45. The number of nitrogens with zero attached hydrogens (tertiary/aromatic N) is 4. The Morgan fingerprint density at radius 3 is 2.51 bits per heavy atom. The lowest BCUT2D eigenvalue weighted by atomic mass is 9.75. The lowest BCUT2D eigenvalue weighted by Crippen LogP contribution is -2.44. The fraction of sp³-hybridized carbons (Fsp3) is 0.448. The number of rotatable bonds is 6. The second kappa shape index (κ2) is 10.8. The van der Waals surface area contributed by atoms with Gasteiger partial charge in [0.1, 0.15) is 22.5 Å². The van der Waals surface area contributed by atoms with Gasteiger partial charge in [0.15, 0.2) is 9.84 Å². The van der Waals surface area contributed by atoms with Crippen molar-refractivity contribution in [2.24, 2.45) is 5.92 Å². The minimum atomic E-state index is -3.00. The molecule has 3 atom stereocenters. The van der Waals surface area contributed by atoms with Crippen molar-refractivity contribution in [2.75, 3.05) is 29.5 Å². The Hall–Kier alpha value is -3.43. The summed E-state index contributed by atoms with van der Waals surface area (Å²) in [6, 6.07) is 11.3. The third kappa shape index (κ3) is 5.83. The number of anilines is 1. The minimum absolute atomic E-state index is 0.0443. The van der Waals surface area contributed by atoms with Gasteiger partial charge in [0.25, 0.3) is 0 Å². The molecule has 1 N–H and O–H groups in total. The van der Waals surface area contributed by atoms with Crippen LogP contribution in [0.4, 0.5) is 14.5 Å². The van der Waals surface area contributed by atoms with Crippen LogP contribution in [0.25, 0.3) is 21.0 Å². The van der Waals surface area contributed by atoms with E-state index in [2.05, 4.69) is 16.4 Å². The maximum atomic E-state index is 14.7. The molecular formula is C29H29F2N5O3S2. The maximum Gasteiger partial charge on any atom is 0.225 e. The average Bonchev–Trinajstić information content (AvgIpc) is 3.59. The molecule has 0 bridgehead atoms. The van der Waals surface area contributed by atoms with E-state index in [1.54, 1.807) is 0 Å². The second-order valence-electron chi connectivity index (χ2n) is 11.1. The third-order valence-electron chi connectivity index (χ3n) is 8.25. The van der Waals surface area contributed by atoms with Gasteiger partial charge in [0.05, 0.1) is 34.3 Å². The molecule has 3 heterocycles. The summed E-state index contributed by atoms with van der Waals surface area (Å²) in [5, 5.41) is 12.9. The lowest BCUT2D eigenvalue weighted by molar-refractivity contribution is -0.128. The molecule has 2 aromatic heterocycles. The molecule has 1 aliphatic heterocycles. The van der Waals surface area contributed by atoms with E-state index in [1.165, 1.54) is 23.6 Å². The Morgan fingerprint density at radius 1 is 1.12 bits per heavy atom. The molecule has 3 aromatic rings. The highest BCUT2D eigenvalue weighted by molar-refractivity contribution is 7.91. The van der Waals surface area contributed by atoms with Gasteiger partial charge in [0, 0.05) is 42.4 Å². The fourth-order valence-electron chi connectivity index (χ4n) is 5.69. The molecule has 1 amide bonds. The molecule has 1 aromatic carbocycles. The largest absolute Gasteiger partial charge is 0.369 e. The van der Waals surface area contributed by atoms with E-state index in [-0.39, 0.29) is 29.8 Å². The number of aromatic nitrogens is 2. The molecule has 3 aliphatic rings. The average molecular weight is 598 g/mol. The number of benzene rings is 1. The van der Waals surface area contributed by atoms with Crippen LogP contribution in [0.15, 0.2) is 42.7 Å². The van der Waals surface area contributed by atoms with Gasteiger partial charge in [-0.2, -0.15) is 5.26 Å². The summed E-state index contributed by atoms with van der Waals surface area (Å²) in [6.45, 7) is 0.856. The summed E-state index contributed by atoms with van der Waals surface area (Å²) in [7, 11) is -3.00. The van der Waals surface area contributed by atoms with Gasteiger partial charge in [-0.3, -0.25) is 9.78 Å². The highest BCUT2D eigenvalue weighted by atomic mass is 32.2. The van der Waals surface area contributed by atoms with Crippen molar-refractivity contribution in [2.45, 2.75) is 49.7 Å². The van der Waals surface area contributed by atoms with Gasteiger partial charge < -0.3 is 10.2 Å². The van der Waals surface area contributed by atoms with E-state index >= 15 is 0 Å². The number of hydrogen-bond donors (Lipinski definition) is 1. The molecule has 0 unspecified atom stereocenters. The van der Waals surface area contributed by atoms with Gasteiger partial charge in [-0.05, 0) is 55.9 Å². The van der Waals surface area contributed by atoms with Gasteiger partial charge in [0.2, 0.25) is 5.91 Å². The van der Waals surface area contributed by atoms with Crippen LogP contribution in [-0.2, 0) is 14.6 Å². The first-order chi connectivity index (χ1) is 19.7. The van der Waals surface area contributed by atoms with E-state index < -0.39 is 33.3 Å². The Balaban J connectivity index is 1.36. The Morgan fingerprint density at radius 2 is 1.85 bits per heavy atom. The zero-order valence-corrected chi connectivity index (χ0v) is 23.9. The highest BCUT2D eigenvalue weighted by Crippen LogP contribution is 2.47. The number of pyridine rings is 1. The summed E-state index contributed by atoms with van der Waals surface area (Å²) in [5.41, 5.74) is 2.05. The normalized spacial score (nSPS) is 24.8. The smallest absolute Gasteiger partial charge is 0.225 e. The standard InChI is InChI=1S/C29H29F2N5O3S2/c30-20-3-6-23(24(14-20)27(37)35-29(17-32)7-8-29)25-26(40-28(34-25)19-13-21(31)16-33-15-19)18-1-4-22(5-2-18)36-9-11-41(38,39)12-10-36/h1-2,4-5,13,15-16,20,23-24H,3,6-12,14H2,(H,35,37)/t20-,23+,24+/m0/s1. The predicted molar refractivity (Wildman–Crippen MR) is 152 cm³/mol. The molecule has 0 radical (unpaired) electrons. The van der Waals surface area contributed by atoms with E-state index in [1.807, 2.05) is 29.2 Å². The third-order valence-corrected chi connectivity index (χ3v) is 11.0. The number of thiazole rings is 1. The van der Waals surface area contributed by atoms with Gasteiger partial charge in [-0.25, -0.2) is 22.2 Å². The van der Waals surface area contributed by atoms with Crippen molar-refractivity contribution in [1.29, 1.82) is 5.26 Å². The number of sulfone groups is 1. The lowest BCUT2D eigenvalue weighted by Gasteiger charge is -2.32.